The lowest BCUT2D eigenvalue weighted by molar-refractivity contribution is -0.118. The summed E-state index contributed by atoms with van der Waals surface area (Å²) in [6, 6.07) is 3.14. The average Bonchev–Trinajstić information content (AvgIpc) is 2.71. The normalized spacial score (nSPS) is 13.4. The van der Waals surface area contributed by atoms with E-state index in [9.17, 15) is 19.5 Å². The first kappa shape index (κ1) is 20.1. The lowest BCUT2D eigenvalue weighted by Crippen LogP contribution is -2.24. The van der Waals surface area contributed by atoms with Gasteiger partial charge in [-0.25, -0.2) is 4.79 Å². The highest BCUT2D eigenvalue weighted by molar-refractivity contribution is 5.92. The molecule has 2 aromatic rings. The number of fused-ring (bicyclic) bond motifs is 1. The van der Waals surface area contributed by atoms with Gasteiger partial charge in [-0.15, -0.1) is 0 Å². The lowest BCUT2D eigenvalue weighted by Gasteiger charge is -2.24. The van der Waals surface area contributed by atoms with Crippen molar-refractivity contribution in [2.24, 2.45) is 5.73 Å². The number of nitrogens with two attached hydrogens (primary N) is 1. The van der Waals surface area contributed by atoms with E-state index < -0.39 is 29.1 Å². The Morgan fingerprint density at radius 1 is 1.28 bits per heavy atom. The van der Waals surface area contributed by atoms with E-state index in [1.54, 1.807) is 12.1 Å². The lowest BCUT2D eigenvalue weighted by atomic mass is 9.87. The van der Waals surface area contributed by atoms with Gasteiger partial charge in [0.25, 0.3) is 5.56 Å². The molecule has 10 nitrogen and oxygen atoms in total. The summed E-state index contributed by atoms with van der Waals surface area (Å²) in [5, 5.41) is 10.6. The van der Waals surface area contributed by atoms with Crippen molar-refractivity contribution in [1.82, 2.24) is 4.98 Å². The highest BCUT2D eigenvalue weighted by atomic mass is 16.6. The van der Waals surface area contributed by atoms with Crippen LogP contribution in [0.25, 0.3) is 0 Å². The van der Waals surface area contributed by atoms with Crippen LogP contribution in [0, 0.1) is 0 Å². The first-order chi connectivity index (χ1) is 13.9. The van der Waals surface area contributed by atoms with Gasteiger partial charge in [-0.3, -0.25) is 9.59 Å². The maximum atomic E-state index is 12.5. The third-order valence-electron chi connectivity index (χ3n) is 4.51. The van der Waals surface area contributed by atoms with Crippen LogP contribution in [0.2, 0.25) is 0 Å². The van der Waals surface area contributed by atoms with Crippen molar-refractivity contribution >= 4 is 11.9 Å². The molecular formula is C19H20N2O8. The zero-order valence-electron chi connectivity index (χ0n) is 15.8. The van der Waals surface area contributed by atoms with E-state index >= 15 is 0 Å². The number of aromatic nitrogens is 1. The van der Waals surface area contributed by atoms with Gasteiger partial charge in [-0.2, -0.15) is 0 Å². The van der Waals surface area contributed by atoms with Crippen LogP contribution in [0.3, 0.4) is 0 Å². The molecule has 154 valence electrons. The molecule has 1 aliphatic heterocycles. The number of benzene rings is 1. The quantitative estimate of drug-likeness (QED) is 0.594. The fourth-order valence-corrected chi connectivity index (χ4v) is 3.21. The van der Waals surface area contributed by atoms with Crippen molar-refractivity contribution in [3.8, 4) is 23.0 Å². The van der Waals surface area contributed by atoms with E-state index in [-0.39, 0.29) is 17.5 Å². The summed E-state index contributed by atoms with van der Waals surface area (Å²) in [7, 11) is 2.57. The third-order valence-corrected chi connectivity index (χ3v) is 4.51. The summed E-state index contributed by atoms with van der Waals surface area (Å²) in [6.45, 7) is 0.652. The number of methoxy groups -OCH3 is 2. The van der Waals surface area contributed by atoms with Crippen molar-refractivity contribution in [3.05, 3.63) is 45.4 Å². The van der Waals surface area contributed by atoms with Crippen molar-refractivity contribution in [2.75, 3.05) is 27.4 Å². The Balaban J connectivity index is 2.22. The Labute approximate surface area is 165 Å². The predicted octanol–water partition coefficient (Wildman–Crippen LogP) is 0.654. The molecule has 0 saturated carbocycles. The second kappa shape index (κ2) is 8.13. The minimum absolute atomic E-state index is 0.203. The molecule has 1 aromatic heterocycles. The van der Waals surface area contributed by atoms with Gasteiger partial charge in [0.05, 0.1) is 19.8 Å². The van der Waals surface area contributed by atoms with Crippen LogP contribution in [0.5, 0.6) is 23.0 Å². The monoisotopic (exact) mass is 404 g/mol. The van der Waals surface area contributed by atoms with Gasteiger partial charge in [0.15, 0.2) is 11.5 Å². The van der Waals surface area contributed by atoms with Gasteiger partial charge >= 0.3 is 5.97 Å². The topological polar surface area (TPSA) is 150 Å². The Morgan fingerprint density at radius 3 is 2.66 bits per heavy atom. The van der Waals surface area contributed by atoms with Crippen LogP contribution in [0.1, 0.15) is 33.8 Å². The highest BCUT2D eigenvalue weighted by Crippen LogP contribution is 2.44. The number of esters is 1. The molecule has 3 rings (SSSR count). The van der Waals surface area contributed by atoms with E-state index in [4.69, 9.17) is 19.9 Å². The van der Waals surface area contributed by atoms with Gasteiger partial charge in [0.2, 0.25) is 11.7 Å². The second-order valence-electron chi connectivity index (χ2n) is 6.26. The van der Waals surface area contributed by atoms with Crippen LogP contribution < -0.4 is 25.5 Å². The van der Waals surface area contributed by atoms with Gasteiger partial charge in [0.1, 0.15) is 24.5 Å². The van der Waals surface area contributed by atoms with Crippen molar-refractivity contribution < 1.29 is 33.6 Å². The molecule has 2 heterocycles. The summed E-state index contributed by atoms with van der Waals surface area (Å²) in [5.74, 6) is -2.07. The van der Waals surface area contributed by atoms with E-state index in [1.807, 2.05) is 0 Å². The Hall–Kier alpha value is -3.69. The summed E-state index contributed by atoms with van der Waals surface area (Å²) in [4.78, 5) is 38.6. The molecule has 29 heavy (non-hydrogen) atoms. The summed E-state index contributed by atoms with van der Waals surface area (Å²) < 4.78 is 21.1. The number of amides is 1. The van der Waals surface area contributed by atoms with Crippen molar-refractivity contribution in [1.29, 1.82) is 0 Å². The zero-order chi connectivity index (χ0) is 21.1. The molecule has 1 amide bonds. The summed E-state index contributed by atoms with van der Waals surface area (Å²) >= 11 is 0. The number of hydrogen-bond acceptors (Lipinski definition) is 8. The SMILES string of the molecule is COC(=O)c1c[nH]c(=O)c([C@H](CC(N)=O)c2cc(OC)c3c(c2)OCCO3)c1O. The summed E-state index contributed by atoms with van der Waals surface area (Å²) in [5.41, 5.74) is 4.66. The molecule has 0 bridgehead atoms. The van der Waals surface area contributed by atoms with E-state index in [2.05, 4.69) is 9.72 Å². The van der Waals surface area contributed by atoms with Gasteiger partial charge < -0.3 is 34.8 Å². The molecule has 1 atom stereocenters. The van der Waals surface area contributed by atoms with Crippen LogP contribution in [0.15, 0.2) is 23.1 Å². The molecule has 0 fully saturated rings. The standard InChI is InChI=1S/C19H20N2O8/c1-26-12-5-9(6-13-17(12)29-4-3-28-13)10(7-14(20)22)15-16(23)11(19(25)27-2)8-21-18(15)24/h5-6,8,10H,3-4,7H2,1-2H3,(H2,20,22)(H2,21,23,24)/t10-/m1/s1. The number of carbonyl (C=O) groups excluding carboxylic acids is 2. The highest BCUT2D eigenvalue weighted by Gasteiger charge is 2.30. The zero-order valence-corrected chi connectivity index (χ0v) is 15.8. The number of aromatic hydroxyl groups is 1. The molecule has 4 N–H and O–H groups in total. The Bertz CT molecular complexity index is 997. The minimum atomic E-state index is -0.981. The number of aromatic amines is 1. The molecule has 0 radical (unpaired) electrons. The number of hydrogen-bond donors (Lipinski definition) is 3. The number of rotatable bonds is 6. The van der Waals surface area contributed by atoms with E-state index in [1.165, 1.54) is 7.11 Å². The fourth-order valence-electron chi connectivity index (χ4n) is 3.21. The number of pyridine rings is 1. The maximum absolute atomic E-state index is 12.5. The van der Waals surface area contributed by atoms with Gasteiger partial charge in [0, 0.05) is 18.5 Å². The minimum Gasteiger partial charge on any atom is -0.506 e. The first-order valence-corrected chi connectivity index (χ1v) is 8.66. The third kappa shape index (κ3) is 3.82. The van der Waals surface area contributed by atoms with Gasteiger partial charge in [-0.05, 0) is 17.7 Å². The molecule has 1 aliphatic rings. The predicted molar refractivity (Wildman–Crippen MR) is 99.7 cm³/mol. The molecule has 0 saturated heterocycles. The smallest absolute Gasteiger partial charge is 0.343 e. The Morgan fingerprint density at radius 2 is 2.00 bits per heavy atom. The van der Waals surface area contributed by atoms with E-state index in [0.29, 0.717) is 36.0 Å². The van der Waals surface area contributed by atoms with Crippen LogP contribution in [-0.4, -0.2) is 49.4 Å². The first-order valence-electron chi connectivity index (χ1n) is 8.66. The largest absolute Gasteiger partial charge is 0.506 e. The fraction of sp³-hybridized carbons (Fsp3) is 0.316. The number of nitrogens with one attached hydrogen (secondary N) is 1. The second-order valence-corrected chi connectivity index (χ2v) is 6.26. The molecule has 0 spiro atoms. The number of H-pyrrole nitrogens is 1. The van der Waals surface area contributed by atoms with Crippen LogP contribution in [-0.2, 0) is 9.53 Å². The van der Waals surface area contributed by atoms with Crippen LogP contribution >= 0.6 is 0 Å². The molecule has 0 aliphatic carbocycles. The molecular weight excluding hydrogens is 384 g/mol. The maximum Gasteiger partial charge on any atom is 0.343 e. The van der Waals surface area contributed by atoms with Crippen molar-refractivity contribution in [2.45, 2.75) is 12.3 Å². The number of primary amides is 1. The van der Waals surface area contributed by atoms with Gasteiger partial charge in [-0.1, -0.05) is 0 Å². The van der Waals surface area contributed by atoms with Crippen LogP contribution in [0.4, 0.5) is 0 Å². The number of ether oxygens (including phenoxy) is 4. The number of carbonyl (C=O) groups is 2. The van der Waals surface area contributed by atoms with E-state index in [0.717, 1.165) is 13.3 Å². The molecule has 1 aromatic carbocycles. The molecule has 0 unspecified atom stereocenters. The molecule has 10 heteroatoms. The Kier molecular flexibility index (Phi) is 5.62. The summed E-state index contributed by atoms with van der Waals surface area (Å²) in [6.07, 6.45) is 0.725. The van der Waals surface area contributed by atoms with Crippen molar-refractivity contribution in [3.63, 3.8) is 0 Å². The average molecular weight is 404 g/mol.